The van der Waals surface area contributed by atoms with Gasteiger partial charge in [0.05, 0.1) is 17.2 Å². The molecule has 6 nitrogen and oxygen atoms in total. The summed E-state index contributed by atoms with van der Waals surface area (Å²) in [6.45, 7) is 10.7. The van der Waals surface area contributed by atoms with Gasteiger partial charge in [0, 0.05) is 12.7 Å². The minimum Gasteiger partial charge on any atom is -0.349 e. The van der Waals surface area contributed by atoms with E-state index in [0.717, 1.165) is 5.56 Å². The van der Waals surface area contributed by atoms with Gasteiger partial charge < -0.3 is 5.32 Å². The molecule has 1 unspecified atom stereocenters. The molecule has 1 N–H and O–H groups in total. The molecule has 1 amide bonds. The number of rotatable bonds is 7. The summed E-state index contributed by atoms with van der Waals surface area (Å²) in [5.74, 6) is 0.353. The third kappa shape index (κ3) is 5.08. The van der Waals surface area contributed by atoms with Gasteiger partial charge in [0.15, 0.2) is 10.8 Å². The number of fused-ring (bicyclic) bond motifs is 1. The van der Waals surface area contributed by atoms with E-state index >= 15 is 0 Å². The van der Waals surface area contributed by atoms with Crippen LogP contribution in [0.2, 0.25) is 0 Å². The summed E-state index contributed by atoms with van der Waals surface area (Å²) >= 11 is 1.27. The van der Waals surface area contributed by atoms with Crippen LogP contribution in [-0.4, -0.2) is 26.2 Å². The van der Waals surface area contributed by atoms with Crippen LogP contribution in [0.25, 0.3) is 11.0 Å². The van der Waals surface area contributed by atoms with E-state index in [1.54, 1.807) is 22.9 Å². The van der Waals surface area contributed by atoms with Crippen molar-refractivity contribution in [3.63, 3.8) is 0 Å². The molecule has 0 saturated carbocycles. The number of thioether (sulfide) groups is 1. The van der Waals surface area contributed by atoms with Crippen LogP contribution in [-0.2, 0) is 11.3 Å². The molecular weight excluding hydrogens is 396 g/mol. The molecule has 0 saturated heterocycles. The Labute approximate surface area is 181 Å². The van der Waals surface area contributed by atoms with E-state index in [4.69, 9.17) is 0 Å². The maximum Gasteiger partial charge on any atom is 0.263 e. The zero-order chi connectivity index (χ0) is 21.8. The topological polar surface area (TPSA) is 76.9 Å². The van der Waals surface area contributed by atoms with Crippen LogP contribution in [0.15, 0.2) is 46.5 Å². The molecule has 0 bridgehead atoms. The highest BCUT2D eigenvalue weighted by Crippen LogP contribution is 2.20. The van der Waals surface area contributed by atoms with Gasteiger partial charge in [0.2, 0.25) is 5.91 Å². The Bertz CT molecular complexity index is 1120. The number of pyridine rings is 1. The molecule has 158 valence electrons. The first-order chi connectivity index (χ1) is 14.3. The molecule has 0 aliphatic rings. The Balaban J connectivity index is 1.76. The summed E-state index contributed by atoms with van der Waals surface area (Å²) in [4.78, 5) is 34.3. The molecule has 7 heteroatoms. The minimum absolute atomic E-state index is 0.0958. The van der Waals surface area contributed by atoms with Crippen molar-refractivity contribution >= 4 is 28.7 Å². The molecule has 0 aliphatic heterocycles. The van der Waals surface area contributed by atoms with Crippen molar-refractivity contribution < 1.29 is 4.79 Å². The van der Waals surface area contributed by atoms with Crippen molar-refractivity contribution in [3.05, 3.63) is 63.6 Å². The highest BCUT2D eigenvalue weighted by molar-refractivity contribution is 7.99. The molecular formula is C23H28N4O2S. The van der Waals surface area contributed by atoms with Crippen molar-refractivity contribution in [3.8, 4) is 0 Å². The van der Waals surface area contributed by atoms with Gasteiger partial charge in [-0.1, -0.05) is 43.8 Å². The lowest BCUT2D eigenvalue weighted by atomic mass is 10.0. The van der Waals surface area contributed by atoms with E-state index in [1.165, 1.54) is 22.9 Å². The van der Waals surface area contributed by atoms with Crippen molar-refractivity contribution in [1.29, 1.82) is 0 Å². The van der Waals surface area contributed by atoms with E-state index < -0.39 is 0 Å². The predicted octanol–water partition coefficient (Wildman–Crippen LogP) is 4.03. The number of benzene rings is 1. The largest absolute Gasteiger partial charge is 0.349 e. The molecule has 2 aromatic heterocycles. The van der Waals surface area contributed by atoms with Crippen molar-refractivity contribution in [2.75, 3.05) is 5.75 Å². The van der Waals surface area contributed by atoms with Crippen LogP contribution in [0.5, 0.6) is 0 Å². The van der Waals surface area contributed by atoms with Gasteiger partial charge in [-0.3, -0.25) is 14.2 Å². The van der Waals surface area contributed by atoms with Crippen LogP contribution >= 0.6 is 11.8 Å². The van der Waals surface area contributed by atoms with Gasteiger partial charge in [-0.15, -0.1) is 0 Å². The average molecular weight is 425 g/mol. The second-order valence-electron chi connectivity index (χ2n) is 8.00. The number of carbonyl (C=O) groups is 1. The van der Waals surface area contributed by atoms with E-state index in [-0.39, 0.29) is 29.2 Å². The van der Waals surface area contributed by atoms with E-state index in [1.807, 2.05) is 26.8 Å². The minimum atomic E-state index is -0.117. The van der Waals surface area contributed by atoms with E-state index in [0.29, 0.717) is 22.7 Å². The van der Waals surface area contributed by atoms with E-state index in [9.17, 15) is 9.59 Å². The van der Waals surface area contributed by atoms with Crippen LogP contribution in [0.4, 0.5) is 0 Å². The SMILES string of the molecule is Cc1ccc(C(C)NC(=O)CSc2nc3ncccc3c(=O)n2CC(C)C)cc1C. The number of aryl methyl sites for hydroxylation is 2. The van der Waals surface area contributed by atoms with Gasteiger partial charge in [0.1, 0.15) is 0 Å². The van der Waals surface area contributed by atoms with Gasteiger partial charge in [-0.25, -0.2) is 9.97 Å². The maximum atomic E-state index is 12.9. The predicted molar refractivity (Wildman–Crippen MR) is 122 cm³/mol. The Kier molecular flexibility index (Phi) is 6.92. The van der Waals surface area contributed by atoms with Crippen LogP contribution in [0.1, 0.15) is 43.5 Å². The molecule has 30 heavy (non-hydrogen) atoms. The lowest BCUT2D eigenvalue weighted by Gasteiger charge is -2.17. The summed E-state index contributed by atoms with van der Waals surface area (Å²) in [5.41, 5.74) is 3.80. The Morgan fingerprint density at radius 2 is 1.93 bits per heavy atom. The fourth-order valence-electron chi connectivity index (χ4n) is 3.20. The highest BCUT2D eigenvalue weighted by atomic mass is 32.2. The molecule has 1 atom stereocenters. The Morgan fingerprint density at radius 1 is 1.17 bits per heavy atom. The van der Waals surface area contributed by atoms with E-state index in [2.05, 4.69) is 41.3 Å². The summed E-state index contributed by atoms with van der Waals surface area (Å²) < 4.78 is 1.65. The molecule has 1 aromatic carbocycles. The number of hydrogen-bond donors (Lipinski definition) is 1. The normalized spacial score (nSPS) is 12.3. The van der Waals surface area contributed by atoms with Gasteiger partial charge in [-0.2, -0.15) is 0 Å². The number of amides is 1. The van der Waals surface area contributed by atoms with Gasteiger partial charge in [0.25, 0.3) is 5.56 Å². The summed E-state index contributed by atoms with van der Waals surface area (Å²) in [6, 6.07) is 9.59. The molecule has 0 radical (unpaired) electrons. The van der Waals surface area contributed by atoms with Crippen molar-refractivity contribution in [2.45, 2.75) is 52.4 Å². The molecule has 0 aliphatic carbocycles. The molecule has 2 heterocycles. The summed E-state index contributed by atoms with van der Waals surface area (Å²) in [6.07, 6.45) is 1.62. The quantitative estimate of drug-likeness (QED) is 0.458. The Morgan fingerprint density at radius 3 is 2.63 bits per heavy atom. The second kappa shape index (κ2) is 9.43. The lowest BCUT2D eigenvalue weighted by Crippen LogP contribution is -2.29. The summed E-state index contributed by atoms with van der Waals surface area (Å²) in [7, 11) is 0. The first kappa shape index (κ1) is 22.0. The zero-order valence-corrected chi connectivity index (χ0v) is 18.9. The average Bonchev–Trinajstić information content (AvgIpc) is 2.70. The Hall–Kier alpha value is -2.67. The maximum absolute atomic E-state index is 12.9. The fourth-order valence-corrected chi connectivity index (χ4v) is 4.01. The number of hydrogen-bond acceptors (Lipinski definition) is 5. The fraction of sp³-hybridized carbons (Fsp3) is 0.391. The third-order valence-electron chi connectivity index (χ3n) is 4.98. The third-order valence-corrected chi connectivity index (χ3v) is 5.96. The lowest BCUT2D eigenvalue weighted by molar-refractivity contribution is -0.119. The first-order valence-corrected chi connectivity index (χ1v) is 11.1. The van der Waals surface area contributed by atoms with Crippen molar-refractivity contribution in [1.82, 2.24) is 19.9 Å². The smallest absolute Gasteiger partial charge is 0.263 e. The number of nitrogens with one attached hydrogen (secondary N) is 1. The summed E-state index contributed by atoms with van der Waals surface area (Å²) in [5, 5.41) is 4.05. The number of aromatic nitrogens is 3. The van der Waals surface area contributed by atoms with Gasteiger partial charge >= 0.3 is 0 Å². The standard InChI is InChI=1S/C23H28N4O2S/c1-14(2)12-27-22(29)19-7-6-10-24-21(19)26-23(27)30-13-20(28)25-17(5)18-9-8-15(3)16(4)11-18/h6-11,14,17H,12-13H2,1-5H3,(H,25,28). The number of carbonyl (C=O) groups excluding carboxylic acids is 1. The van der Waals surface area contributed by atoms with Crippen molar-refractivity contribution in [2.24, 2.45) is 5.92 Å². The molecule has 0 fully saturated rings. The molecule has 3 aromatic rings. The van der Waals surface area contributed by atoms with Crippen LogP contribution in [0, 0.1) is 19.8 Å². The molecule has 0 spiro atoms. The monoisotopic (exact) mass is 424 g/mol. The van der Waals surface area contributed by atoms with Crippen LogP contribution < -0.4 is 10.9 Å². The second-order valence-corrected chi connectivity index (χ2v) is 8.94. The number of nitrogens with zero attached hydrogens (tertiary/aromatic N) is 3. The first-order valence-electron chi connectivity index (χ1n) is 10.1. The van der Waals surface area contributed by atoms with Gasteiger partial charge in [-0.05, 0) is 55.5 Å². The highest BCUT2D eigenvalue weighted by Gasteiger charge is 2.16. The molecule has 3 rings (SSSR count). The zero-order valence-electron chi connectivity index (χ0n) is 18.1. The van der Waals surface area contributed by atoms with Crippen LogP contribution in [0.3, 0.4) is 0 Å².